The Hall–Kier alpha value is -3.01. The number of carbonyl (C=O) groups is 3. The van der Waals surface area contributed by atoms with Gasteiger partial charge in [-0.2, -0.15) is 13.2 Å². The van der Waals surface area contributed by atoms with E-state index >= 15 is 0 Å². The normalized spacial score (nSPS) is 16.2. The van der Waals surface area contributed by atoms with Gasteiger partial charge in [0.15, 0.2) is 0 Å². The molecular weight excluding hydrogens is 431 g/mol. The first-order chi connectivity index (χ1) is 14.5. The van der Waals surface area contributed by atoms with E-state index in [1.807, 2.05) is 0 Å². The van der Waals surface area contributed by atoms with Gasteiger partial charge in [-0.25, -0.2) is 0 Å². The molecule has 164 valence electrons. The molecule has 0 saturated heterocycles. The van der Waals surface area contributed by atoms with E-state index in [9.17, 15) is 27.6 Å². The van der Waals surface area contributed by atoms with Crippen LogP contribution >= 0.6 is 11.8 Å². The summed E-state index contributed by atoms with van der Waals surface area (Å²) in [6, 6.07) is 11.5. The van der Waals surface area contributed by atoms with Gasteiger partial charge in [0.2, 0.25) is 11.8 Å². The molecule has 1 atom stereocenters. The Labute approximate surface area is 181 Å². The molecule has 0 radical (unpaired) electrons. The standard InChI is InChI=1S/C21H20F3N3O3S/c1-13-11-18(28)25-16-5-3-4-6-17(16)27(13)19(29)12-26(2)20(30)14-7-9-15(10-8-14)31-21(22,23)24/h3-10,13H,11-12H2,1-2H3,(H,25,28)/t13-/m0/s1. The zero-order valence-electron chi connectivity index (χ0n) is 16.8. The number of nitrogens with one attached hydrogen (secondary N) is 1. The van der Waals surface area contributed by atoms with Crippen LogP contribution in [0.1, 0.15) is 23.7 Å². The minimum atomic E-state index is -4.41. The second-order valence-corrected chi connectivity index (χ2v) is 8.25. The molecule has 1 N–H and O–H groups in total. The van der Waals surface area contributed by atoms with Crippen molar-refractivity contribution in [1.82, 2.24) is 4.90 Å². The number of para-hydroxylation sites is 2. The molecule has 1 aliphatic rings. The Morgan fingerprint density at radius 3 is 2.45 bits per heavy atom. The Morgan fingerprint density at radius 2 is 1.81 bits per heavy atom. The van der Waals surface area contributed by atoms with Gasteiger partial charge in [-0.15, -0.1) is 0 Å². The van der Waals surface area contributed by atoms with Crippen LogP contribution in [0.15, 0.2) is 53.4 Å². The molecule has 2 aromatic rings. The van der Waals surface area contributed by atoms with E-state index in [-0.39, 0.29) is 47.0 Å². The minimum Gasteiger partial charge on any atom is -0.332 e. The lowest BCUT2D eigenvalue weighted by atomic mass is 10.1. The van der Waals surface area contributed by atoms with E-state index in [2.05, 4.69) is 5.32 Å². The molecule has 6 nitrogen and oxygen atoms in total. The minimum absolute atomic E-state index is 0.0325. The number of alkyl halides is 3. The number of halogens is 3. The van der Waals surface area contributed by atoms with Gasteiger partial charge in [0.25, 0.3) is 5.91 Å². The van der Waals surface area contributed by atoms with Crippen molar-refractivity contribution >= 4 is 40.9 Å². The zero-order chi connectivity index (χ0) is 22.8. The molecule has 3 amide bonds. The summed E-state index contributed by atoms with van der Waals surface area (Å²) in [6.07, 6.45) is 0.108. The van der Waals surface area contributed by atoms with Gasteiger partial charge in [-0.1, -0.05) is 12.1 Å². The highest BCUT2D eigenvalue weighted by Gasteiger charge is 2.31. The largest absolute Gasteiger partial charge is 0.446 e. The molecule has 1 heterocycles. The molecule has 0 spiro atoms. The quantitative estimate of drug-likeness (QED) is 0.710. The summed E-state index contributed by atoms with van der Waals surface area (Å²) in [5.41, 5.74) is -3.19. The van der Waals surface area contributed by atoms with Crippen LogP contribution in [0.25, 0.3) is 0 Å². The highest BCUT2D eigenvalue weighted by atomic mass is 32.2. The number of likely N-dealkylation sites (N-methyl/N-ethyl adjacent to an activating group) is 1. The third kappa shape index (κ3) is 5.57. The summed E-state index contributed by atoms with van der Waals surface area (Å²) < 4.78 is 37.4. The number of hydrogen-bond acceptors (Lipinski definition) is 4. The Kier molecular flexibility index (Phi) is 6.59. The van der Waals surface area contributed by atoms with Gasteiger partial charge in [-0.05, 0) is 55.1 Å². The molecule has 0 unspecified atom stereocenters. The van der Waals surface area contributed by atoms with Gasteiger partial charge in [0.1, 0.15) is 6.54 Å². The van der Waals surface area contributed by atoms with Crippen LogP contribution in [0, 0.1) is 0 Å². The van der Waals surface area contributed by atoms with Crippen molar-refractivity contribution in [3.05, 3.63) is 54.1 Å². The number of fused-ring (bicyclic) bond motifs is 1. The van der Waals surface area contributed by atoms with Crippen molar-refractivity contribution in [1.29, 1.82) is 0 Å². The molecule has 2 aromatic carbocycles. The number of anilines is 2. The van der Waals surface area contributed by atoms with Crippen LogP contribution in [-0.4, -0.2) is 47.8 Å². The van der Waals surface area contributed by atoms with Crippen LogP contribution in [0.2, 0.25) is 0 Å². The van der Waals surface area contributed by atoms with E-state index in [0.717, 1.165) is 0 Å². The fraction of sp³-hybridized carbons (Fsp3) is 0.286. The molecule has 0 aliphatic carbocycles. The highest BCUT2D eigenvalue weighted by Crippen LogP contribution is 2.36. The van der Waals surface area contributed by atoms with E-state index in [1.165, 1.54) is 41.1 Å². The van der Waals surface area contributed by atoms with Gasteiger partial charge >= 0.3 is 5.51 Å². The van der Waals surface area contributed by atoms with Crippen molar-refractivity contribution in [2.45, 2.75) is 29.8 Å². The maximum absolute atomic E-state index is 13.1. The predicted octanol–water partition coefficient (Wildman–Crippen LogP) is 4.13. The first-order valence-corrected chi connectivity index (χ1v) is 10.2. The van der Waals surface area contributed by atoms with Crippen molar-refractivity contribution in [3.8, 4) is 0 Å². The lowest BCUT2D eigenvalue weighted by Crippen LogP contribution is -2.45. The first kappa shape index (κ1) is 22.7. The van der Waals surface area contributed by atoms with Crippen LogP contribution < -0.4 is 10.2 Å². The van der Waals surface area contributed by atoms with Gasteiger partial charge in [0.05, 0.1) is 11.4 Å². The van der Waals surface area contributed by atoms with Crippen molar-refractivity contribution < 1.29 is 27.6 Å². The predicted molar refractivity (Wildman–Crippen MR) is 112 cm³/mol. The van der Waals surface area contributed by atoms with Crippen LogP contribution in [0.3, 0.4) is 0 Å². The molecule has 0 aromatic heterocycles. The monoisotopic (exact) mass is 451 g/mol. The van der Waals surface area contributed by atoms with Crippen molar-refractivity contribution in [2.75, 3.05) is 23.8 Å². The average Bonchev–Trinajstić information content (AvgIpc) is 2.80. The second-order valence-electron chi connectivity index (χ2n) is 7.12. The Balaban J connectivity index is 1.74. The number of carbonyl (C=O) groups excluding carboxylic acids is 3. The Morgan fingerprint density at radius 1 is 1.16 bits per heavy atom. The molecule has 3 rings (SSSR count). The van der Waals surface area contributed by atoms with Gasteiger partial charge in [-0.3, -0.25) is 14.4 Å². The number of amides is 3. The van der Waals surface area contributed by atoms with E-state index < -0.39 is 17.5 Å². The van der Waals surface area contributed by atoms with E-state index in [4.69, 9.17) is 0 Å². The third-order valence-electron chi connectivity index (χ3n) is 4.68. The Bertz CT molecular complexity index is 995. The molecule has 1 aliphatic heterocycles. The zero-order valence-corrected chi connectivity index (χ0v) is 17.6. The summed E-state index contributed by atoms with van der Waals surface area (Å²) in [5, 5.41) is 2.77. The lowest BCUT2D eigenvalue weighted by molar-refractivity contribution is -0.119. The van der Waals surface area contributed by atoms with Crippen molar-refractivity contribution in [2.24, 2.45) is 0 Å². The molecule has 10 heteroatoms. The molecular formula is C21H20F3N3O3S. The summed E-state index contributed by atoms with van der Waals surface area (Å²) >= 11 is -0.264. The average molecular weight is 451 g/mol. The first-order valence-electron chi connectivity index (χ1n) is 9.37. The van der Waals surface area contributed by atoms with E-state index in [0.29, 0.717) is 11.4 Å². The SMILES string of the molecule is C[C@H]1CC(=O)Nc2ccccc2N1C(=O)CN(C)C(=O)c1ccc(SC(F)(F)F)cc1. The maximum atomic E-state index is 13.1. The lowest BCUT2D eigenvalue weighted by Gasteiger charge is -2.29. The summed E-state index contributed by atoms with van der Waals surface area (Å²) in [7, 11) is 1.44. The second kappa shape index (κ2) is 9.01. The van der Waals surface area contributed by atoms with Gasteiger partial charge in [0, 0.05) is 30.0 Å². The van der Waals surface area contributed by atoms with Crippen molar-refractivity contribution in [3.63, 3.8) is 0 Å². The topological polar surface area (TPSA) is 69.7 Å². The van der Waals surface area contributed by atoms with Gasteiger partial charge < -0.3 is 15.1 Å². The number of nitrogens with zero attached hydrogens (tertiary/aromatic N) is 2. The molecule has 0 saturated carbocycles. The fourth-order valence-electron chi connectivity index (χ4n) is 3.34. The summed E-state index contributed by atoms with van der Waals surface area (Å²) in [4.78, 5) is 40.4. The fourth-order valence-corrected chi connectivity index (χ4v) is 3.88. The third-order valence-corrected chi connectivity index (χ3v) is 5.42. The van der Waals surface area contributed by atoms with Crippen LogP contribution in [-0.2, 0) is 9.59 Å². The number of benzene rings is 2. The van der Waals surface area contributed by atoms with Crippen LogP contribution in [0.5, 0.6) is 0 Å². The number of rotatable bonds is 4. The maximum Gasteiger partial charge on any atom is 0.446 e. The summed E-state index contributed by atoms with van der Waals surface area (Å²) in [5.74, 6) is -1.09. The number of hydrogen-bond donors (Lipinski definition) is 1. The smallest absolute Gasteiger partial charge is 0.332 e. The summed E-state index contributed by atoms with van der Waals surface area (Å²) in [6.45, 7) is 1.49. The number of thioether (sulfide) groups is 1. The molecule has 0 fully saturated rings. The van der Waals surface area contributed by atoms with Crippen LogP contribution in [0.4, 0.5) is 24.5 Å². The molecule has 31 heavy (non-hydrogen) atoms. The van der Waals surface area contributed by atoms with E-state index in [1.54, 1.807) is 31.2 Å². The highest BCUT2D eigenvalue weighted by molar-refractivity contribution is 8.00. The molecule has 0 bridgehead atoms.